The number of hydrogen-bond acceptors (Lipinski definition) is 7. The number of nitrogens with zero attached hydrogens (tertiary/aromatic N) is 1. The lowest BCUT2D eigenvalue weighted by Crippen LogP contribution is -2.31. The van der Waals surface area contributed by atoms with Gasteiger partial charge in [-0.3, -0.25) is 14.5 Å². The molecule has 1 aromatic heterocycles. The molecule has 0 spiro atoms. The number of benzene rings is 2. The summed E-state index contributed by atoms with van der Waals surface area (Å²) in [6.45, 7) is 2.45. The molecular weight excluding hydrogens is 424 g/mol. The van der Waals surface area contributed by atoms with Gasteiger partial charge in [0.2, 0.25) is 0 Å². The zero-order valence-corrected chi connectivity index (χ0v) is 18.6. The van der Waals surface area contributed by atoms with Crippen LogP contribution in [-0.2, 0) is 16.1 Å². The monoisotopic (exact) mass is 448 g/mol. The summed E-state index contributed by atoms with van der Waals surface area (Å²) in [5.41, 5.74) is 1.56. The molecule has 2 heterocycles. The van der Waals surface area contributed by atoms with Gasteiger partial charge in [-0.2, -0.15) is 0 Å². The maximum Gasteiger partial charge on any atom is 0.278 e. The van der Waals surface area contributed by atoms with Crippen LogP contribution in [0.3, 0.4) is 0 Å². The van der Waals surface area contributed by atoms with Crippen LogP contribution in [0.25, 0.3) is 5.57 Å². The number of methoxy groups -OCH3 is 2. The van der Waals surface area contributed by atoms with Crippen molar-refractivity contribution >= 4 is 23.1 Å². The van der Waals surface area contributed by atoms with E-state index in [4.69, 9.17) is 18.6 Å². The van der Waals surface area contributed by atoms with Crippen molar-refractivity contribution < 1.29 is 28.2 Å². The lowest BCUT2D eigenvalue weighted by Gasteiger charge is -2.14. The van der Waals surface area contributed by atoms with Crippen molar-refractivity contribution in [2.24, 2.45) is 0 Å². The van der Waals surface area contributed by atoms with Crippen molar-refractivity contribution in [3.63, 3.8) is 0 Å². The van der Waals surface area contributed by atoms with Crippen LogP contribution in [0.2, 0.25) is 0 Å². The van der Waals surface area contributed by atoms with Crippen molar-refractivity contribution in [3.8, 4) is 17.2 Å². The third-order valence-electron chi connectivity index (χ3n) is 5.14. The molecule has 1 N–H and O–H groups in total. The summed E-state index contributed by atoms with van der Waals surface area (Å²) in [6.07, 6.45) is 1.50. The second kappa shape index (κ2) is 9.52. The molecule has 8 heteroatoms. The molecule has 8 nitrogen and oxygen atoms in total. The van der Waals surface area contributed by atoms with Gasteiger partial charge in [0.25, 0.3) is 11.8 Å². The summed E-state index contributed by atoms with van der Waals surface area (Å²) in [5.74, 6) is 1.40. The molecular formula is C25H24N2O6. The van der Waals surface area contributed by atoms with E-state index < -0.39 is 11.8 Å². The molecule has 4 rings (SSSR count). The number of furan rings is 1. The quantitative estimate of drug-likeness (QED) is 0.493. The summed E-state index contributed by atoms with van der Waals surface area (Å²) >= 11 is 0. The number of ether oxygens (including phenoxy) is 3. The zero-order chi connectivity index (χ0) is 23.4. The standard InChI is InChI=1S/C25H24N2O6/c1-4-32-18-9-7-16(8-10-18)22-23(26-17-12-20(30-2)14-21(13-17)31-3)25(29)27(24(22)28)15-19-6-5-11-33-19/h5-14,26H,4,15H2,1-3H3. The van der Waals surface area contributed by atoms with Gasteiger partial charge in [0, 0.05) is 23.9 Å². The third-order valence-corrected chi connectivity index (χ3v) is 5.14. The Hall–Kier alpha value is -4.20. The second-order valence-corrected chi connectivity index (χ2v) is 7.21. The van der Waals surface area contributed by atoms with Crippen LogP contribution < -0.4 is 19.5 Å². The van der Waals surface area contributed by atoms with Gasteiger partial charge in [0.1, 0.15) is 28.7 Å². The number of rotatable bonds is 9. The number of hydrogen-bond donors (Lipinski definition) is 1. The largest absolute Gasteiger partial charge is 0.497 e. The lowest BCUT2D eigenvalue weighted by atomic mass is 10.0. The fraction of sp³-hybridized carbons (Fsp3) is 0.200. The molecule has 3 aromatic rings. The Balaban J connectivity index is 1.75. The van der Waals surface area contributed by atoms with Crippen molar-refractivity contribution in [1.29, 1.82) is 0 Å². The normalized spacial score (nSPS) is 13.5. The van der Waals surface area contributed by atoms with Gasteiger partial charge < -0.3 is 23.9 Å². The number of amides is 2. The molecule has 2 amide bonds. The number of anilines is 1. The highest BCUT2D eigenvalue weighted by Crippen LogP contribution is 2.34. The van der Waals surface area contributed by atoms with Crippen molar-refractivity contribution in [1.82, 2.24) is 4.90 Å². The van der Waals surface area contributed by atoms with E-state index in [0.717, 1.165) is 4.90 Å². The van der Waals surface area contributed by atoms with Gasteiger partial charge in [-0.1, -0.05) is 12.1 Å². The van der Waals surface area contributed by atoms with Gasteiger partial charge in [0.15, 0.2) is 0 Å². The zero-order valence-electron chi connectivity index (χ0n) is 18.6. The van der Waals surface area contributed by atoms with E-state index in [2.05, 4.69) is 5.32 Å². The van der Waals surface area contributed by atoms with Gasteiger partial charge in [-0.25, -0.2) is 0 Å². The highest BCUT2D eigenvalue weighted by Gasteiger charge is 2.39. The molecule has 0 unspecified atom stereocenters. The minimum absolute atomic E-state index is 0.0256. The molecule has 0 saturated carbocycles. The molecule has 0 fully saturated rings. The Morgan fingerprint density at radius 2 is 1.61 bits per heavy atom. The lowest BCUT2D eigenvalue weighted by molar-refractivity contribution is -0.137. The molecule has 0 aliphatic carbocycles. The first kappa shape index (κ1) is 22.0. The predicted octanol–water partition coefficient (Wildman–Crippen LogP) is 4.09. The highest BCUT2D eigenvalue weighted by molar-refractivity contribution is 6.36. The average molecular weight is 448 g/mol. The summed E-state index contributed by atoms with van der Waals surface area (Å²) < 4.78 is 21.5. The van der Waals surface area contributed by atoms with Crippen LogP contribution >= 0.6 is 0 Å². The van der Waals surface area contributed by atoms with Gasteiger partial charge in [-0.05, 0) is 36.8 Å². The summed E-state index contributed by atoms with van der Waals surface area (Å²) in [6, 6.07) is 15.6. The molecule has 1 aliphatic heterocycles. The Morgan fingerprint density at radius 3 is 2.18 bits per heavy atom. The van der Waals surface area contributed by atoms with E-state index in [0.29, 0.717) is 40.9 Å². The van der Waals surface area contributed by atoms with Crippen molar-refractivity contribution in [2.75, 3.05) is 26.1 Å². The number of imide groups is 1. The number of carbonyl (C=O) groups is 2. The Morgan fingerprint density at radius 1 is 0.909 bits per heavy atom. The first-order chi connectivity index (χ1) is 16.0. The van der Waals surface area contributed by atoms with Crippen LogP contribution in [-0.4, -0.2) is 37.5 Å². The fourth-order valence-electron chi connectivity index (χ4n) is 3.57. The highest BCUT2D eigenvalue weighted by atomic mass is 16.5. The smallest absolute Gasteiger partial charge is 0.278 e. The third kappa shape index (κ3) is 4.55. The Kier molecular flexibility index (Phi) is 6.35. The van der Waals surface area contributed by atoms with Crippen molar-refractivity contribution in [2.45, 2.75) is 13.5 Å². The molecule has 0 atom stereocenters. The van der Waals surface area contributed by atoms with E-state index in [1.54, 1.807) is 68.8 Å². The molecule has 0 bridgehead atoms. The molecule has 0 radical (unpaired) electrons. The maximum atomic E-state index is 13.4. The minimum atomic E-state index is -0.456. The molecule has 0 saturated heterocycles. The summed E-state index contributed by atoms with van der Waals surface area (Å²) in [7, 11) is 3.08. The van der Waals surface area contributed by atoms with E-state index in [1.165, 1.54) is 6.26 Å². The van der Waals surface area contributed by atoms with Crippen LogP contribution in [0.15, 0.2) is 71.0 Å². The topological polar surface area (TPSA) is 90.2 Å². The molecule has 2 aromatic carbocycles. The number of carbonyl (C=O) groups excluding carboxylic acids is 2. The fourth-order valence-corrected chi connectivity index (χ4v) is 3.57. The minimum Gasteiger partial charge on any atom is -0.497 e. The van der Waals surface area contributed by atoms with Gasteiger partial charge in [0.05, 0.1) is 39.2 Å². The van der Waals surface area contributed by atoms with E-state index in [9.17, 15) is 9.59 Å². The van der Waals surface area contributed by atoms with Crippen LogP contribution in [0.4, 0.5) is 5.69 Å². The van der Waals surface area contributed by atoms with Crippen LogP contribution in [0, 0.1) is 0 Å². The van der Waals surface area contributed by atoms with E-state index in [-0.39, 0.29) is 17.8 Å². The maximum absolute atomic E-state index is 13.4. The first-order valence-corrected chi connectivity index (χ1v) is 10.4. The van der Waals surface area contributed by atoms with Gasteiger partial charge >= 0.3 is 0 Å². The number of nitrogens with one attached hydrogen (secondary N) is 1. The first-order valence-electron chi connectivity index (χ1n) is 10.4. The molecule has 1 aliphatic rings. The molecule has 33 heavy (non-hydrogen) atoms. The SMILES string of the molecule is CCOc1ccc(C2=C(Nc3cc(OC)cc(OC)c3)C(=O)N(Cc3ccco3)C2=O)cc1. The van der Waals surface area contributed by atoms with E-state index in [1.807, 2.05) is 6.92 Å². The van der Waals surface area contributed by atoms with E-state index >= 15 is 0 Å². The summed E-state index contributed by atoms with van der Waals surface area (Å²) in [5, 5.41) is 3.11. The predicted molar refractivity (Wildman–Crippen MR) is 122 cm³/mol. The Bertz CT molecular complexity index is 1160. The molecule has 170 valence electrons. The van der Waals surface area contributed by atoms with Gasteiger partial charge in [-0.15, -0.1) is 0 Å². The average Bonchev–Trinajstić information content (AvgIpc) is 3.42. The van der Waals surface area contributed by atoms with Crippen LogP contribution in [0.5, 0.6) is 17.2 Å². The van der Waals surface area contributed by atoms with Crippen molar-refractivity contribution in [3.05, 3.63) is 77.9 Å². The Labute approximate surface area is 191 Å². The van der Waals surface area contributed by atoms with Crippen LogP contribution in [0.1, 0.15) is 18.2 Å². The second-order valence-electron chi connectivity index (χ2n) is 7.21. The summed E-state index contributed by atoms with van der Waals surface area (Å²) in [4.78, 5) is 27.9.